The van der Waals surface area contributed by atoms with E-state index in [0.29, 0.717) is 0 Å². The van der Waals surface area contributed by atoms with Crippen molar-refractivity contribution in [2.75, 3.05) is 6.26 Å². The molecule has 0 heterocycles. The second-order valence-corrected chi connectivity index (χ2v) is 1.71. The summed E-state index contributed by atoms with van der Waals surface area (Å²) in [7, 11) is 0. The van der Waals surface area contributed by atoms with E-state index >= 15 is 0 Å². The molecule has 0 aromatic heterocycles. The molecule has 0 amide bonds. The standard InChI is InChI=1S/C4H10.C3H8.CH4S/c1-3-4-2;1-3-2;1-2/h3-4H2,1-2H3;3H2,1-2H3;2H,1H3. The quantitative estimate of drug-likeness (QED) is 0.540. The van der Waals surface area contributed by atoms with Gasteiger partial charge in [0.05, 0.1) is 0 Å². The topological polar surface area (TPSA) is 0 Å². The minimum absolute atomic E-state index is 1.25. The summed E-state index contributed by atoms with van der Waals surface area (Å²) in [5, 5.41) is 0. The highest BCUT2D eigenvalue weighted by molar-refractivity contribution is 7.79. The molecule has 0 nitrogen and oxygen atoms in total. The Morgan fingerprint density at radius 2 is 0.889 bits per heavy atom. The van der Waals surface area contributed by atoms with E-state index in [1.807, 2.05) is 0 Å². The molecule has 0 aliphatic heterocycles. The third kappa shape index (κ3) is 185. The molecule has 0 unspecified atom stereocenters. The van der Waals surface area contributed by atoms with Gasteiger partial charge in [-0.05, 0) is 6.26 Å². The van der Waals surface area contributed by atoms with E-state index in [1.165, 1.54) is 19.3 Å². The highest BCUT2D eigenvalue weighted by Gasteiger charge is 1.56. The molecule has 0 aromatic carbocycles. The van der Waals surface area contributed by atoms with Gasteiger partial charge in [-0.3, -0.25) is 0 Å². The highest BCUT2D eigenvalue weighted by Crippen LogP contribution is 1.76. The van der Waals surface area contributed by atoms with Gasteiger partial charge in [-0.2, -0.15) is 12.6 Å². The number of hydrogen-bond donors (Lipinski definition) is 1. The van der Waals surface area contributed by atoms with Gasteiger partial charge >= 0.3 is 0 Å². The molecule has 0 radical (unpaired) electrons. The maximum absolute atomic E-state index is 3.53. The Morgan fingerprint density at radius 1 is 0.778 bits per heavy atom. The van der Waals surface area contributed by atoms with Crippen molar-refractivity contribution in [1.29, 1.82) is 0 Å². The number of rotatable bonds is 1. The van der Waals surface area contributed by atoms with Crippen LogP contribution in [0.4, 0.5) is 0 Å². The van der Waals surface area contributed by atoms with Gasteiger partial charge in [-0.15, -0.1) is 0 Å². The number of unbranched alkanes of at least 4 members (excludes halogenated alkanes) is 1. The van der Waals surface area contributed by atoms with Gasteiger partial charge < -0.3 is 0 Å². The first kappa shape index (κ1) is 16.2. The van der Waals surface area contributed by atoms with E-state index in [9.17, 15) is 0 Å². The fourth-order valence-electron chi connectivity index (χ4n) is 0. The molecule has 9 heavy (non-hydrogen) atoms. The zero-order valence-corrected chi connectivity index (χ0v) is 8.46. The van der Waals surface area contributed by atoms with Crippen molar-refractivity contribution >= 4 is 12.6 Å². The van der Waals surface area contributed by atoms with E-state index in [1.54, 1.807) is 6.26 Å². The van der Waals surface area contributed by atoms with Crippen LogP contribution < -0.4 is 0 Å². The third-order valence-electron chi connectivity index (χ3n) is 0.500. The van der Waals surface area contributed by atoms with Gasteiger partial charge in [0.15, 0.2) is 0 Å². The summed E-state index contributed by atoms with van der Waals surface area (Å²) in [5.41, 5.74) is 0. The Bertz CT molecular complexity index is 12.0. The number of thiol groups is 1. The second-order valence-electron chi connectivity index (χ2n) is 1.71. The van der Waals surface area contributed by atoms with Crippen LogP contribution in [0.2, 0.25) is 0 Å². The fourth-order valence-corrected chi connectivity index (χ4v) is 0. The summed E-state index contributed by atoms with van der Waals surface area (Å²) >= 11 is 3.53. The van der Waals surface area contributed by atoms with Crippen molar-refractivity contribution in [3.63, 3.8) is 0 Å². The molecule has 0 atom stereocenters. The lowest BCUT2D eigenvalue weighted by molar-refractivity contribution is 0.886. The fraction of sp³-hybridized carbons (Fsp3) is 1.00. The minimum atomic E-state index is 1.25. The lowest BCUT2D eigenvalue weighted by Crippen LogP contribution is -1.47. The van der Waals surface area contributed by atoms with Crippen LogP contribution in [0.5, 0.6) is 0 Å². The van der Waals surface area contributed by atoms with Crippen LogP contribution >= 0.6 is 12.6 Å². The van der Waals surface area contributed by atoms with Crippen LogP contribution in [-0.2, 0) is 0 Å². The van der Waals surface area contributed by atoms with E-state index < -0.39 is 0 Å². The zero-order valence-electron chi connectivity index (χ0n) is 7.57. The van der Waals surface area contributed by atoms with Crippen LogP contribution in [0.15, 0.2) is 0 Å². The molecule has 0 bridgehead atoms. The van der Waals surface area contributed by atoms with Gasteiger partial charge in [0, 0.05) is 0 Å². The largest absolute Gasteiger partial charge is 0.183 e. The summed E-state index contributed by atoms with van der Waals surface area (Å²) in [5.74, 6) is 0. The molecule has 0 N–H and O–H groups in total. The maximum atomic E-state index is 3.53. The van der Waals surface area contributed by atoms with Gasteiger partial charge in [0.1, 0.15) is 0 Å². The normalized spacial score (nSPS) is 6.00. The van der Waals surface area contributed by atoms with Crippen LogP contribution in [0.1, 0.15) is 47.0 Å². The maximum Gasteiger partial charge on any atom is -0.0215 e. The molecule has 0 fully saturated rings. The van der Waals surface area contributed by atoms with Crippen LogP contribution in [0, 0.1) is 0 Å². The molecule has 0 aromatic rings. The van der Waals surface area contributed by atoms with E-state index in [0.717, 1.165) is 0 Å². The highest BCUT2D eigenvalue weighted by atomic mass is 32.1. The summed E-state index contributed by atoms with van der Waals surface area (Å²) in [6, 6.07) is 0. The monoisotopic (exact) mass is 150 g/mol. The van der Waals surface area contributed by atoms with Crippen molar-refractivity contribution in [1.82, 2.24) is 0 Å². The van der Waals surface area contributed by atoms with Crippen molar-refractivity contribution < 1.29 is 0 Å². The molecule has 0 aliphatic carbocycles. The van der Waals surface area contributed by atoms with Gasteiger partial charge in [0.2, 0.25) is 0 Å². The zero-order chi connectivity index (χ0) is 8.12. The van der Waals surface area contributed by atoms with E-state index in [-0.39, 0.29) is 0 Å². The third-order valence-corrected chi connectivity index (χ3v) is 0.500. The molecular formula is C8H22S. The Kier molecular flexibility index (Phi) is 72.2. The van der Waals surface area contributed by atoms with Crippen molar-refractivity contribution in [2.24, 2.45) is 0 Å². The summed E-state index contributed by atoms with van der Waals surface area (Å²) < 4.78 is 0. The van der Waals surface area contributed by atoms with Gasteiger partial charge in [-0.1, -0.05) is 47.0 Å². The smallest absolute Gasteiger partial charge is 0.0215 e. The molecule has 60 valence electrons. The van der Waals surface area contributed by atoms with E-state index in [4.69, 9.17) is 0 Å². The minimum Gasteiger partial charge on any atom is -0.183 e. The first-order valence-electron chi connectivity index (χ1n) is 3.78. The molecule has 0 aliphatic rings. The Balaban J connectivity index is -0.0000000646. The SMILES string of the molecule is CCC.CCCC.CS. The molecular weight excluding hydrogens is 128 g/mol. The molecule has 0 rings (SSSR count). The lowest BCUT2D eigenvalue weighted by Gasteiger charge is -1.68. The summed E-state index contributed by atoms with van der Waals surface area (Å²) in [6.45, 7) is 8.61. The Morgan fingerprint density at radius 3 is 0.889 bits per heavy atom. The van der Waals surface area contributed by atoms with Gasteiger partial charge in [0.25, 0.3) is 0 Å². The summed E-state index contributed by atoms with van der Waals surface area (Å²) in [6.07, 6.45) is 5.58. The van der Waals surface area contributed by atoms with Crippen LogP contribution in [-0.4, -0.2) is 6.26 Å². The average molecular weight is 150 g/mol. The first-order valence-corrected chi connectivity index (χ1v) is 4.67. The van der Waals surface area contributed by atoms with Crippen molar-refractivity contribution in [2.45, 2.75) is 47.0 Å². The molecule has 0 saturated heterocycles. The Labute approximate surface area is 66.5 Å². The Hall–Kier alpha value is 0.350. The van der Waals surface area contributed by atoms with Crippen LogP contribution in [0.3, 0.4) is 0 Å². The second kappa shape index (κ2) is 40.2. The lowest BCUT2D eigenvalue weighted by atomic mass is 10.4. The first-order chi connectivity index (χ1) is 4.33. The predicted molar refractivity (Wildman–Crippen MR) is 51.5 cm³/mol. The van der Waals surface area contributed by atoms with E-state index in [2.05, 4.69) is 40.3 Å². The average Bonchev–Trinajstić information content (AvgIpc) is 1.94. The van der Waals surface area contributed by atoms with Gasteiger partial charge in [-0.25, -0.2) is 0 Å². The van der Waals surface area contributed by atoms with Crippen molar-refractivity contribution in [3.8, 4) is 0 Å². The molecule has 1 heteroatoms. The van der Waals surface area contributed by atoms with Crippen LogP contribution in [0.25, 0.3) is 0 Å². The number of hydrogen-bond acceptors (Lipinski definition) is 1. The molecule has 0 spiro atoms. The summed E-state index contributed by atoms with van der Waals surface area (Å²) in [4.78, 5) is 0. The predicted octanol–water partition coefficient (Wildman–Crippen LogP) is 3.77. The molecule has 0 saturated carbocycles. The van der Waals surface area contributed by atoms with Crippen molar-refractivity contribution in [3.05, 3.63) is 0 Å².